The fourth-order valence-corrected chi connectivity index (χ4v) is 4.17. The number of anilines is 1. The number of hydrogen-bond acceptors (Lipinski definition) is 7. The van der Waals surface area contributed by atoms with Crippen molar-refractivity contribution in [2.75, 3.05) is 38.4 Å². The van der Waals surface area contributed by atoms with Gasteiger partial charge in [0.1, 0.15) is 0 Å². The van der Waals surface area contributed by atoms with Gasteiger partial charge in [-0.25, -0.2) is 13.1 Å². The van der Waals surface area contributed by atoms with Crippen LogP contribution in [0.15, 0.2) is 18.2 Å². The number of Topliss-reactive ketones (excluding diaryl/α,β-unsaturated/α-hetero) is 1. The van der Waals surface area contributed by atoms with Crippen LogP contribution in [0.3, 0.4) is 0 Å². The van der Waals surface area contributed by atoms with E-state index in [0.717, 1.165) is 17.0 Å². The number of sulfonamides is 1. The fraction of sp³-hybridized carbons (Fsp3) is 0.421. The molecule has 0 bridgehead atoms. The van der Waals surface area contributed by atoms with Crippen molar-refractivity contribution in [3.05, 3.63) is 40.7 Å². The molecule has 0 fully saturated rings. The summed E-state index contributed by atoms with van der Waals surface area (Å²) in [5, 5.41) is 7.64. The lowest BCUT2D eigenvalue weighted by Gasteiger charge is -2.25. The van der Waals surface area contributed by atoms with Crippen molar-refractivity contribution in [3.63, 3.8) is 0 Å². The summed E-state index contributed by atoms with van der Waals surface area (Å²) in [6.45, 7) is 2.67. The van der Waals surface area contributed by atoms with Crippen LogP contribution in [0.1, 0.15) is 38.5 Å². The molecule has 1 aliphatic heterocycles. The Morgan fingerprint density at radius 2 is 2.07 bits per heavy atom. The van der Waals surface area contributed by atoms with Gasteiger partial charge in [-0.15, -0.1) is 0 Å². The van der Waals surface area contributed by atoms with E-state index in [1.807, 2.05) is 0 Å². The standard InChI is InChI=1S/C19H25N5O5S/c1-12-18-16(10-23(11-17(18)25)30(3,27)28)24(22-12)13-5-6-14(19(20)26)15(9-13)21-7-4-8-29-2/h5-6,9,21H,4,7-8,10-11H2,1-3H3,(H2,20,26). The number of nitrogens with zero attached hydrogens (tertiary/aromatic N) is 3. The molecule has 0 saturated carbocycles. The number of nitrogens with one attached hydrogen (secondary N) is 1. The van der Waals surface area contributed by atoms with E-state index in [4.69, 9.17) is 10.5 Å². The average Bonchev–Trinajstić information content (AvgIpc) is 3.01. The van der Waals surface area contributed by atoms with Gasteiger partial charge in [-0.3, -0.25) is 9.59 Å². The molecular formula is C19H25N5O5S. The molecule has 1 aromatic heterocycles. The number of carbonyl (C=O) groups excluding carboxylic acids is 2. The number of methoxy groups -OCH3 is 1. The zero-order chi connectivity index (χ0) is 22.1. The minimum Gasteiger partial charge on any atom is -0.385 e. The number of amides is 1. The Balaban J connectivity index is 2.03. The van der Waals surface area contributed by atoms with Crippen LogP contribution in [0.5, 0.6) is 0 Å². The summed E-state index contributed by atoms with van der Waals surface area (Å²) in [7, 11) is -1.94. The van der Waals surface area contributed by atoms with Crippen molar-refractivity contribution in [2.45, 2.75) is 19.9 Å². The number of hydrogen-bond donors (Lipinski definition) is 2. The molecule has 2 aromatic rings. The minimum atomic E-state index is -3.55. The van der Waals surface area contributed by atoms with Crippen LogP contribution in [-0.4, -0.2) is 67.3 Å². The molecule has 0 unspecified atom stereocenters. The van der Waals surface area contributed by atoms with E-state index < -0.39 is 15.9 Å². The molecule has 2 heterocycles. The smallest absolute Gasteiger partial charge is 0.250 e. The van der Waals surface area contributed by atoms with Gasteiger partial charge >= 0.3 is 0 Å². The highest BCUT2D eigenvalue weighted by Gasteiger charge is 2.34. The Kier molecular flexibility index (Phi) is 6.25. The monoisotopic (exact) mass is 435 g/mol. The number of aryl methyl sites for hydroxylation is 1. The first kappa shape index (κ1) is 21.9. The summed E-state index contributed by atoms with van der Waals surface area (Å²) in [6, 6.07) is 4.96. The number of ether oxygens (including phenoxy) is 1. The Bertz CT molecular complexity index is 1090. The molecule has 3 rings (SSSR count). The molecule has 10 nitrogen and oxygen atoms in total. The molecule has 1 aliphatic rings. The van der Waals surface area contributed by atoms with E-state index in [9.17, 15) is 18.0 Å². The Hall–Kier alpha value is -2.76. The quantitative estimate of drug-likeness (QED) is 0.582. The zero-order valence-electron chi connectivity index (χ0n) is 17.1. The molecule has 0 aliphatic carbocycles. The summed E-state index contributed by atoms with van der Waals surface area (Å²) < 4.78 is 31.7. The van der Waals surface area contributed by atoms with E-state index in [2.05, 4.69) is 10.4 Å². The maximum Gasteiger partial charge on any atom is 0.250 e. The molecule has 162 valence electrons. The first-order valence-corrected chi connectivity index (χ1v) is 11.2. The zero-order valence-corrected chi connectivity index (χ0v) is 18.0. The van der Waals surface area contributed by atoms with Crippen LogP contribution in [0.25, 0.3) is 5.69 Å². The Labute approximate surface area is 175 Å². The van der Waals surface area contributed by atoms with Gasteiger partial charge < -0.3 is 15.8 Å². The maximum absolute atomic E-state index is 12.6. The molecule has 0 spiro atoms. The number of fused-ring (bicyclic) bond motifs is 1. The van der Waals surface area contributed by atoms with Crippen molar-refractivity contribution in [1.29, 1.82) is 0 Å². The van der Waals surface area contributed by atoms with Gasteiger partial charge in [0.25, 0.3) is 5.91 Å². The van der Waals surface area contributed by atoms with Crippen molar-refractivity contribution in [1.82, 2.24) is 14.1 Å². The highest BCUT2D eigenvalue weighted by atomic mass is 32.2. The lowest BCUT2D eigenvalue weighted by Crippen LogP contribution is -2.39. The van der Waals surface area contributed by atoms with E-state index in [1.54, 1.807) is 36.9 Å². The van der Waals surface area contributed by atoms with Gasteiger partial charge in [0.05, 0.1) is 47.5 Å². The van der Waals surface area contributed by atoms with Crippen LogP contribution in [0.2, 0.25) is 0 Å². The highest BCUT2D eigenvalue weighted by Crippen LogP contribution is 2.28. The molecule has 0 saturated heterocycles. The third-order valence-corrected chi connectivity index (χ3v) is 6.10. The molecule has 1 aromatic carbocycles. The van der Waals surface area contributed by atoms with E-state index >= 15 is 0 Å². The second kappa shape index (κ2) is 8.54. The van der Waals surface area contributed by atoms with Gasteiger partial charge in [0.2, 0.25) is 10.0 Å². The normalized spacial score (nSPS) is 14.6. The number of carbonyl (C=O) groups is 2. The second-order valence-electron chi connectivity index (χ2n) is 7.14. The number of aromatic nitrogens is 2. The molecule has 30 heavy (non-hydrogen) atoms. The average molecular weight is 436 g/mol. The number of nitrogens with two attached hydrogens (primary N) is 1. The van der Waals surface area contributed by atoms with Gasteiger partial charge in [-0.2, -0.15) is 9.40 Å². The van der Waals surface area contributed by atoms with E-state index in [-0.39, 0.29) is 18.9 Å². The molecule has 1 amide bonds. The minimum absolute atomic E-state index is 0.0366. The van der Waals surface area contributed by atoms with Crippen LogP contribution in [-0.2, 0) is 21.3 Å². The third kappa shape index (κ3) is 4.37. The summed E-state index contributed by atoms with van der Waals surface area (Å²) in [5.74, 6) is -0.870. The van der Waals surface area contributed by atoms with Crippen molar-refractivity contribution < 1.29 is 22.7 Å². The summed E-state index contributed by atoms with van der Waals surface area (Å²) in [6.07, 6.45) is 1.80. The lowest BCUT2D eigenvalue weighted by molar-refractivity contribution is 0.0947. The van der Waals surface area contributed by atoms with Crippen LogP contribution in [0.4, 0.5) is 5.69 Å². The van der Waals surface area contributed by atoms with Crippen LogP contribution < -0.4 is 11.1 Å². The SMILES string of the molecule is COCCCNc1cc(-n2nc(C)c3c2CN(S(C)(=O)=O)CC3=O)ccc1C(N)=O. The van der Waals surface area contributed by atoms with E-state index in [1.165, 1.54) is 0 Å². The number of benzene rings is 1. The lowest BCUT2D eigenvalue weighted by atomic mass is 10.0. The number of ketones is 1. The molecule has 0 atom stereocenters. The first-order valence-electron chi connectivity index (χ1n) is 9.37. The Morgan fingerprint density at radius 3 is 2.70 bits per heavy atom. The number of primary amides is 1. The molecule has 11 heteroatoms. The summed E-state index contributed by atoms with van der Waals surface area (Å²) in [5.41, 5.74) is 8.37. The van der Waals surface area contributed by atoms with E-state index in [0.29, 0.717) is 47.0 Å². The van der Waals surface area contributed by atoms with Gasteiger partial charge in [-0.1, -0.05) is 0 Å². The van der Waals surface area contributed by atoms with Gasteiger partial charge in [0.15, 0.2) is 5.78 Å². The predicted octanol–water partition coefficient (Wildman–Crippen LogP) is 0.686. The Morgan fingerprint density at radius 1 is 1.33 bits per heavy atom. The first-order chi connectivity index (χ1) is 14.1. The molecule has 0 radical (unpaired) electrons. The second-order valence-corrected chi connectivity index (χ2v) is 9.12. The largest absolute Gasteiger partial charge is 0.385 e. The molecular weight excluding hydrogens is 410 g/mol. The van der Waals surface area contributed by atoms with Gasteiger partial charge in [-0.05, 0) is 31.5 Å². The van der Waals surface area contributed by atoms with Crippen LogP contribution >= 0.6 is 0 Å². The van der Waals surface area contributed by atoms with Crippen LogP contribution in [0, 0.1) is 6.92 Å². The topological polar surface area (TPSA) is 137 Å². The highest BCUT2D eigenvalue weighted by molar-refractivity contribution is 7.88. The maximum atomic E-state index is 12.6. The fourth-order valence-electron chi connectivity index (χ4n) is 3.46. The summed E-state index contributed by atoms with van der Waals surface area (Å²) in [4.78, 5) is 24.4. The number of rotatable bonds is 8. The molecule has 3 N–H and O–H groups in total. The van der Waals surface area contributed by atoms with Crippen molar-refractivity contribution in [3.8, 4) is 5.69 Å². The van der Waals surface area contributed by atoms with Crippen molar-refractivity contribution in [2.24, 2.45) is 5.73 Å². The predicted molar refractivity (Wildman–Crippen MR) is 111 cm³/mol. The third-order valence-electron chi connectivity index (χ3n) is 4.90. The van der Waals surface area contributed by atoms with Crippen molar-refractivity contribution >= 4 is 27.4 Å². The van der Waals surface area contributed by atoms with Gasteiger partial charge in [0, 0.05) is 25.9 Å². The summed E-state index contributed by atoms with van der Waals surface area (Å²) >= 11 is 0.